The number of fused-ring (bicyclic) bond motifs is 1. The van der Waals surface area contributed by atoms with Gasteiger partial charge < -0.3 is 14.7 Å². The number of likely N-dealkylation sites (N-methyl/N-ethyl adjacent to an activating group) is 1. The molecule has 2 heterocycles. The third kappa shape index (κ3) is 5.98. The molecule has 1 aliphatic heterocycles. The predicted molar refractivity (Wildman–Crippen MR) is 139 cm³/mol. The molecule has 0 bridgehead atoms. The number of hydrogen-bond acceptors (Lipinski definition) is 7. The van der Waals surface area contributed by atoms with Crippen LogP contribution in [0, 0.1) is 5.92 Å². The maximum absolute atomic E-state index is 13.7. The third-order valence-electron chi connectivity index (χ3n) is 6.64. The average Bonchev–Trinajstić information content (AvgIpc) is 2.91. The number of ether oxygens (including phenoxy) is 1. The van der Waals surface area contributed by atoms with E-state index < -0.39 is 22.2 Å². The van der Waals surface area contributed by atoms with Crippen LogP contribution in [-0.4, -0.2) is 77.5 Å². The van der Waals surface area contributed by atoms with E-state index in [1.165, 1.54) is 16.7 Å². The van der Waals surface area contributed by atoms with Gasteiger partial charge in [-0.25, -0.2) is 18.4 Å². The van der Waals surface area contributed by atoms with Crippen molar-refractivity contribution in [1.29, 1.82) is 0 Å². The number of aromatic nitrogens is 2. The van der Waals surface area contributed by atoms with Crippen molar-refractivity contribution in [3.05, 3.63) is 72.8 Å². The van der Waals surface area contributed by atoms with Crippen LogP contribution in [0.15, 0.2) is 72.1 Å². The van der Waals surface area contributed by atoms with Gasteiger partial charge in [-0.3, -0.25) is 4.79 Å². The smallest absolute Gasteiger partial charge is 0.247 e. The van der Waals surface area contributed by atoms with Crippen molar-refractivity contribution in [2.75, 3.05) is 26.7 Å². The third-order valence-corrected chi connectivity index (χ3v) is 8.66. The lowest BCUT2D eigenvalue weighted by Gasteiger charge is -2.37. The summed E-state index contributed by atoms with van der Waals surface area (Å²) in [6.45, 7) is 3.66. The lowest BCUT2D eigenvalue weighted by atomic mass is 10.0. The van der Waals surface area contributed by atoms with E-state index >= 15 is 0 Å². The van der Waals surface area contributed by atoms with E-state index in [0.717, 1.165) is 5.56 Å². The highest BCUT2D eigenvalue weighted by atomic mass is 32.2. The highest BCUT2D eigenvalue weighted by Crippen LogP contribution is 2.36. The number of aliphatic hydroxyl groups excluding tert-OH is 1. The van der Waals surface area contributed by atoms with Gasteiger partial charge in [0.25, 0.3) is 0 Å². The summed E-state index contributed by atoms with van der Waals surface area (Å²) >= 11 is 0. The van der Waals surface area contributed by atoms with E-state index in [1.807, 2.05) is 37.3 Å². The fourth-order valence-corrected chi connectivity index (χ4v) is 6.17. The number of carbonyl (C=O) groups is 1. The second-order valence-corrected chi connectivity index (χ2v) is 11.3. The SMILES string of the molecule is C[C@@H]1CN([C@@H](C)CO)S(=O)(=O)c2ccc(-c3cncnc3)cc2O[C@@H]1CN(C)C(=O)Cc1ccccc1. The number of rotatable bonds is 7. The van der Waals surface area contributed by atoms with E-state index in [-0.39, 0.29) is 48.6 Å². The maximum atomic E-state index is 13.7. The zero-order chi connectivity index (χ0) is 26.6. The molecule has 1 N–H and O–H groups in total. The lowest BCUT2D eigenvalue weighted by molar-refractivity contribution is -0.130. The van der Waals surface area contributed by atoms with Crippen molar-refractivity contribution < 1.29 is 23.1 Å². The molecule has 3 atom stereocenters. The minimum Gasteiger partial charge on any atom is -0.487 e. The van der Waals surface area contributed by atoms with Gasteiger partial charge in [-0.15, -0.1) is 0 Å². The first kappa shape index (κ1) is 26.7. The van der Waals surface area contributed by atoms with Gasteiger partial charge in [-0.1, -0.05) is 43.3 Å². The van der Waals surface area contributed by atoms with Crippen LogP contribution >= 0.6 is 0 Å². The Balaban J connectivity index is 1.69. The van der Waals surface area contributed by atoms with Crippen molar-refractivity contribution in [2.45, 2.75) is 37.3 Å². The Labute approximate surface area is 217 Å². The van der Waals surface area contributed by atoms with Gasteiger partial charge in [0.1, 0.15) is 23.1 Å². The topological polar surface area (TPSA) is 113 Å². The van der Waals surface area contributed by atoms with Crippen molar-refractivity contribution in [2.24, 2.45) is 5.92 Å². The van der Waals surface area contributed by atoms with E-state index in [9.17, 15) is 18.3 Å². The van der Waals surface area contributed by atoms with Gasteiger partial charge in [-0.2, -0.15) is 4.31 Å². The summed E-state index contributed by atoms with van der Waals surface area (Å²) in [6, 6.07) is 13.8. The number of amides is 1. The molecule has 0 saturated carbocycles. The monoisotopic (exact) mass is 524 g/mol. The van der Waals surface area contributed by atoms with Crippen LogP contribution in [0.4, 0.5) is 0 Å². The second kappa shape index (κ2) is 11.4. The molecule has 0 fully saturated rings. The summed E-state index contributed by atoms with van der Waals surface area (Å²) in [5, 5.41) is 9.83. The van der Waals surface area contributed by atoms with Gasteiger partial charge in [-0.05, 0) is 30.2 Å². The fourth-order valence-electron chi connectivity index (χ4n) is 4.35. The number of nitrogens with zero attached hydrogens (tertiary/aromatic N) is 4. The summed E-state index contributed by atoms with van der Waals surface area (Å²) in [5.41, 5.74) is 2.34. The Hall–Kier alpha value is -3.34. The van der Waals surface area contributed by atoms with E-state index in [0.29, 0.717) is 11.1 Å². The van der Waals surface area contributed by atoms with Crippen LogP contribution in [-0.2, 0) is 21.2 Å². The summed E-state index contributed by atoms with van der Waals surface area (Å²) in [4.78, 5) is 22.7. The average molecular weight is 525 g/mol. The highest BCUT2D eigenvalue weighted by Gasteiger charge is 2.38. The number of sulfonamides is 1. The molecular weight excluding hydrogens is 492 g/mol. The number of carbonyl (C=O) groups excluding carboxylic acids is 1. The first-order chi connectivity index (χ1) is 17.7. The minimum absolute atomic E-state index is 0.0172. The molecule has 9 nitrogen and oxygen atoms in total. The molecular formula is C27H32N4O5S. The Morgan fingerprint density at radius 3 is 2.54 bits per heavy atom. The van der Waals surface area contributed by atoms with Gasteiger partial charge in [0.2, 0.25) is 15.9 Å². The molecule has 1 amide bonds. The zero-order valence-corrected chi connectivity index (χ0v) is 22.0. The van der Waals surface area contributed by atoms with Gasteiger partial charge in [0.05, 0.1) is 19.6 Å². The van der Waals surface area contributed by atoms with Crippen LogP contribution in [0.1, 0.15) is 19.4 Å². The molecule has 37 heavy (non-hydrogen) atoms. The highest BCUT2D eigenvalue weighted by molar-refractivity contribution is 7.89. The summed E-state index contributed by atoms with van der Waals surface area (Å²) in [6.07, 6.45) is 4.47. The van der Waals surface area contributed by atoms with Gasteiger partial charge in [0, 0.05) is 43.5 Å². The summed E-state index contributed by atoms with van der Waals surface area (Å²) in [5.74, 6) is -0.141. The first-order valence-corrected chi connectivity index (χ1v) is 13.6. The number of aliphatic hydroxyl groups is 1. The molecule has 0 spiro atoms. The summed E-state index contributed by atoms with van der Waals surface area (Å²) in [7, 11) is -2.23. The standard InChI is InChI=1S/C27H32N4O5S/c1-19-15-31(20(2)17-32)37(34,35)26-10-9-22(23-13-28-18-29-14-23)12-24(26)36-25(19)16-30(3)27(33)11-21-7-5-4-6-8-21/h4-10,12-14,18-20,25,32H,11,15-17H2,1-3H3/t19-,20+,25-/m1/s1. The Bertz CT molecular complexity index is 1320. The molecule has 3 aromatic rings. The van der Waals surface area contributed by atoms with Crippen molar-refractivity contribution >= 4 is 15.9 Å². The molecule has 0 saturated heterocycles. The van der Waals surface area contributed by atoms with Crippen molar-refractivity contribution in [3.8, 4) is 16.9 Å². The van der Waals surface area contributed by atoms with Gasteiger partial charge >= 0.3 is 0 Å². The fraction of sp³-hybridized carbons (Fsp3) is 0.370. The molecule has 1 aromatic heterocycles. The molecule has 4 rings (SSSR count). The van der Waals surface area contributed by atoms with E-state index in [2.05, 4.69) is 9.97 Å². The molecule has 1 aliphatic rings. The van der Waals surface area contributed by atoms with Crippen LogP contribution < -0.4 is 4.74 Å². The Kier molecular flexibility index (Phi) is 8.21. The first-order valence-electron chi connectivity index (χ1n) is 12.2. The number of benzene rings is 2. The minimum atomic E-state index is -3.96. The van der Waals surface area contributed by atoms with Crippen LogP contribution in [0.3, 0.4) is 0 Å². The van der Waals surface area contributed by atoms with Crippen molar-refractivity contribution in [1.82, 2.24) is 19.2 Å². The molecule has 0 aliphatic carbocycles. The van der Waals surface area contributed by atoms with Gasteiger partial charge in [0.15, 0.2) is 0 Å². The Morgan fingerprint density at radius 1 is 1.16 bits per heavy atom. The molecule has 10 heteroatoms. The lowest BCUT2D eigenvalue weighted by Crippen LogP contribution is -2.50. The molecule has 0 unspecified atom stereocenters. The van der Waals surface area contributed by atoms with E-state index in [1.54, 1.807) is 43.4 Å². The van der Waals surface area contributed by atoms with E-state index in [4.69, 9.17) is 4.74 Å². The quantitative estimate of drug-likeness (QED) is 0.506. The predicted octanol–water partition coefficient (Wildman–Crippen LogP) is 2.61. The largest absolute Gasteiger partial charge is 0.487 e. The molecule has 196 valence electrons. The number of hydrogen-bond donors (Lipinski definition) is 1. The second-order valence-electron chi connectivity index (χ2n) is 9.47. The van der Waals surface area contributed by atoms with Crippen LogP contribution in [0.2, 0.25) is 0 Å². The van der Waals surface area contributed by atoms with Crippen molar-refractivity contribution in [3.63, 3.8) is 0 Å². The summed E-state index contributed by atoms with van der Waals surface area (Å²) < 4.78 is 35.0. The molecule has 0 radical (unpaired) electrons. The van der Waals surface area contributed by atoms with Crippen LogP contribution in [0.5, 0.6) is 5.75 Å². The zero-order valence-electron chi connectivity index (χ0n) is 21.2. The molecule has 2 aromatic carbocycles. The van der Waals surface area contributed by atoms with Crippen LogP contribution in [0.25, 0.3) is 11.1 Å². The maximum Gasteiger partial charge on any atom is 0.247 e. The Morgan fingerprint density at radius 2 is 1.86 bits per heavy atom. The normalized spacial score (nSPS) is 20.1.